The molecule has 1 heterocycles. The SMILES string of the molecule is CCOC(=O)CN(CCOC)C(=O)c1cc(N)cn1CC. The van der Waals surface area contributed by atoms with Gasteiger partial charge in [-0.15, -0.1) is 0 Å². The number of nitrogen functional groups attached to an aromatic ring is 1. The molecular formula is C14H23N3O4. The van der Waals surface area contributed by atoms with Crippen molar-refractivity contribution < 1.29 is 19.1 Å². The fourth-order valence-electron chi connectivity index (χ4n) is 1.95. The molecule has 1 rings (SSSR count). The van der Waals surface area contributed by atoms with Crippen LogP contribution >= 0.6 is 0 Å². The highest BCUT2D eigenvalue weighted by atomic mass is 16.5. The zero-order chi connectivity index (χ0) is 15.8. The Balaban J connectivity index is 2.90. The van der Waals surface area contributed by atoms with Crippen molar-refractivity contribution in [2.24, 2.45) is 0 Å². The summed E-state index contributed by atoms with van der Waals surface area (Å²) in [5.41, 5.74) is 6.70. The van der Waals surface area contributed by atoms with Crippen molar-refractivity contribution in [3.8, 4) is 0 Å². The molecule has 7 nitrogen and oxygen atoms in total. The van der Waals surface area contributed by atoms with Gasteiger partial charge in [-0.3, -0.25) is 9.59 Å². The van der Waals surface area contributed by atoms with Gasteiger partial charge in [-0.2, -0.15) is 0 Å². The number of hydrogen-bond donors (Lipinski definition) is 1. The lowest BCUT2D eigenvalue weighted by Crippen LogP contribution is -2.39. The van der Waals surface area contributed by atoms with E-state index in [0.717, 1.165) is 0 Å². The minimum atomic E-state index is -0.440. The van der Waals surface area contributed by atoms with Gasteiger partial charge in [-0.1, -0.05) is 0 Å². The highest BCUT2D eigenvalue weighted by molar-refractivity contribution is 5.95. The largest absolute Gasteiger partial charge is 0.465 e. The van der Waals surface area contributed by atoms with Crippen LogP contribution in [0, 0.1) is 0 Å². The molecule has 0 spiro atoms. The Morgan fingerprint density at radius 3 is 2.67 bits per heavy atom. The van der Waals surface area contributed by atoms with E-state index in [1.807, 2.05) is 6.92 Å². The first kappa shape index (κ1) is 17.0. The number of carbonyl (C=O) groups is 2. The van der Waals surface area contributed by atoms with Gasteiger partial charge in [0.05, 0.1) is 18.9 Å². The summed E-state index contributed by atoms with van der Waals surface area (Å²) in [5.74, 6) is -0.705. The smallest absolute Gasteiger partial charge is 0.325 e. The van der Waals surface area contributed by atoms with Crippen LogP contribution in [0.3, 0.4) is 0 Å². The summed E-state index contributed by atoms with van der Waals surface area (Å²) in [6, 6.07) is 1.61. The maximum absolute atomic E-state index is 12.6. The second-order valence-electron chi connectivity index (χ2n) is 4.47. The molecule has 2 N–H and O–H groups in total. The van der Waals surface area contributed by atoms with Crippen LogP contribution in [-0.4, -0.2) is 54.8 Å². The molecule has 1 aromatic rings. The Kier molecular flexibility index (Phi) is 6.74. The summed E-state index contributed by atoms with van der Waals surface area (Å²) < 4.78 is 11.6. The zero-order valence-electron chi connectivity index (χ0n) is 12.8. The number of carbonyl (C=O) groups excluding carboxylic acids is 2. The number of hydrogen-bond acceptors (Lipinski definition) is 5. The van der Waals surface area contributed by atoms with E-state index < -0.39 is 5.97 Å². The molecule has 0 aliphatic heterocycles. The van der Waals surface area contributed by atoms with Crippen molar-refractivity contribution in [1.29, 1.82) is 0 Å². The lowest BCUT2D eigenvalue weighted by molar-refractivity contribution is -0.143. The topological polar surface area (TPSA) is 86.8 Å². The van der Waals surface area contributed by atoms with E-state index >= 15 is 0 Å². The standard InChI is InChI=1S/C14H23N3O4/c1-4-16-9-11(15)8-12(16)14(19)17(6-7-20-3)10-13(18)21-5-2/h8-9H,4-7,10,15H2,1-3H3. The maximum atomic E-state index is 12.6. The molecule has 0 aliphatic carbocycles. The Hall–Kier alpha value is -2.02. The van der Waals surface area contributed by atoms with E-state index in [4.69, 9.17) is 15.2 Å². The molecule has 21 heavy (non-hydrogen) atoms. The Labute approximate surface area is 124 Å². The predicted molar refractivity (Wildman–Crippen MR) is 78.9 cm³/mol. The number of esters is 1. The number of methoxy groups -OCH3 is 1. The van der Waals surface area contributed by atoms with Gasteiger partial charge < -0.3 is 24.7 Å². The number of ether oxygens (including phenoxy) is 2. The van der Waals surface area contributed by atoms with Gasteiger partial charge in [-0.05, 0) is 19.9 Å². The first-order valence-corrected chi connectivity index (χ1v) is 6.92. The first-order valence-electron chi connectivity index (χ1n) is 6.92. The van der Waals surface area contributed by atoms with Crippen LogP contribution < -0.4 is 5.73 Å². The second kappa shape index (κ2) is 8.31. The zero-order valence-corrected chi connectivity index (χ0v) is 12.8. The molecule has 7 heteroatoms. The van der Waals surface area contributed by atoms with Gasteiger partial charge >= 0.3 is 5.97 Å². The van der Waals surface area contributed by atoms with Crippen LogP contribution in [0.5, 0.6) is 0 Å². The number of rotatable bonds is 8. The summed E-state index contributed by atoms with van der Waals surface area (Å²) >= 11 is 0. The van der Waals surface area contributed by atoms with Crippen molar-refractivity contribution in [2.45, 2.75) is 20.4 Å². The molecule has 0 aliphatic rings. The molecular weight excluding hydrogens is 274 g/mol. The summed E-state index contributed by atoms with van der Waals surface area (Å²) in [5, 5.41) is 0. The molecule has 0 aromatic carbocycles. The summed E-state index contributed by atoms with van der Waals surface area (Å²) in [7, 11) is 1.54. The van der Waals surface area contributed by atoms with E-state index in [-0.39, 0.29) is 19.1 Å². The van der Waals surface area contributed by atoms with E-state index in [1.54, 1.807) is 30.9 Å². The van der Waals surface area contributed by atoms with Crippen molar-refractivity contribution in [1.82, 2.24) is 9.47 Å². The Morgan fingerprint density at radius 2 is 2.10 bits per heavy atom. The van der Waals surface area contributed by atoms with E-state index in [0.29, 0.717) is 31.1 Å². The third kappa shape index (κ3) is 4.78. The molecule has 0 bridgehead atoms. The van der Waals surface area contributed by atoms with Gasteiger partial charge in [0.15, 0.2) is 0 Å². The Morgan fingerprint density at radius 1 is 1.38 bits per heavy atom. The number of aryl methyl sites for hydroxylation is 1. The average molecular weight is 297 g/mol. The molecule has 1 aromatic heterocycles. The van der Waals surface area contributed by atoms with Crippen LogP contribution in [0.15, 0.2) is 12.3 Å². The van der Waals surface area contributed by atoms with Crippen LogP contribution in [0.1, 0.15) is 24.3 Å². The number of nitrogens with two attached hydrogens (primary N) is 1. The molecule has 0 atom stereocenters. The fraction of sp³-hybridized carbons (Fsp3) is 0.571. The average Bonchev–Trinajstić information content (AvgIpc) is 2.84. The molecule has 118 valence electrons. The van der Waals surface area contributed by atoms with Gasteiger partial charge in [-0.25, -0.2) is 0 Å². The third-order valence-electron chi connectivity index (χ3n) is 2.96. The van der Waals surface area contributed by atoms with Crippen LogP contribution in [0.4, 0.5) is 5.69 Å². The van der Waals surface area contributed by atoms with Crippen molar-refractivity contribution in [3.05, 3.63) is 18.0 Å². The normalized spacial score (nSPS) is 10.4. The summed E-state index contributed by atoms with van der Waals surface area (Å²) in [4.78, 5) is 25.6. The van der Waals surface area contributed by atoms with Gasteiger partial charge in [0.2, 0.25) is 0 Å². The van der Waals surface area contributed by atoms with Crippen molar-refractivity contribution in [3.63, 3.8) is 0 Å². The number of amides is 1. The molecule has 0 radical (unpaired) electrons. The van der Waals surface area contributed by atoms with Gasteiger partial charge in [0.25, 0.3) is 5.91 Å². The number of nitrogens with zero attached hydrogens (tertiary/aromatic N) is 2. The monoisotopic (exact) mass is 297 g/mol. The van der Waals surface area contributed by atoms with Crippen LogP contribution in [-0.2, 0) is 20.8 Å². The van der Waals surface area contributed by atoms with Crippen molar-refractivity contribution in [2.75, 3.05) is 39.1 Å². The van der Waals surface area contributed by atoms with Crippen molar-refractivity contribution >= 4 is 17.6 Å². The number of aromatic nitrogens is 1. The van der Waals surface area contributed by atoms with Gasteiger partial charge in [0.1, 0.15) is 12.2 Å². The molecule has 0 saturated carbocycles. The summed E-state index contributed by atoms with van der Waals surface area (Å²) in [6.07, 6.45) is 1.70. The molecule has 0 unspecified atom stereocenters. The first-order chi connectivity index (χ1) is 10.0. The van der Waals surface area contributed by atoms with Crippen LogP contribution in [0.2, 0.25) is 0 Å². The minimum Gasteiger partial charge on any atom is -0.465 e. The fourth-order valence-corrected chi connectivity index (χ4v) is 1.95. The van der Waals surface area contributed by atoms with Crippen LogP contribution in [0.25, 0.3) is 0 Å². The molecule has 0 saturated heterocycles. The number of anilines is 1. The predicted octanol–water partition coefficient (Wildman–Crippen LogP) is 0.742. The van der Waals surface area contributed by atoms with Gasteiger partial charge in [0, 0.05) is 26.4 Å². The second-order valence-corrected chi connectivity index (χ2v) is 4.47. The third-order valence-corrected chi connectivity index (χ3v) is 2.96. The maximum Gasteiger partial charge on any atom is 0.325 e. The Bertz CT molecular complexity index is 485. The highest BCUT2D eigenvalue weighted by Crippen LogP contribution is 2.13. The lowest BCUT2D eigenvalue weighted by Gasteiger charge is -2.21. The lowest BCUT2D eigenvalue weighted by atomic mass is 10.3. The highest BCUT2D eigenvalue weighted by Gasteiger charge is 2.22. The summed E-state index contributed by atoms with van der Waals surface area (Å²) in [6.45, 7) is 5.09. The van der Waals surface area contributed by atoms with E-state index in [1.165, 1.54) is 4.90 Å². The van der Waals surface area contributed by atoms with E-state index in [2.05, 4.69) is 0 Å². The van der Waals surface area contributed by atoms with E-state index in [9.17, 15) is 9.59 Å². The molecule has 0 fully saturated rings. The quantitative estimate of drug-likeness (QED) is 0.715. The minimum absolute atomic E-state index is 0.106. The molecule has 1 amide bonds.